The van der Waals surface area contributed by atoms with Crippen LogP contribution in [0.4, 0.5) is 5.69 Å². The fourth-order valence-electron chi connectivity index (χ4n) is 2.49. The quantitative estimate of drug-likeness (QED) is 0.708. The van der Waals surface area contributed by atoms with Crippen molar-refractivity contribution in [1.29, 1.82) is 0 Å². The first-order valence-corrected chi connectivity index (χ1v) is 8.24. The van der Waals surface area contributed by atoms with Crippen molar-refractivity contribution >= 4 is 47.4 Å². The summed E-state index contributed by atoms with van der Waals surface area (Å²) in [5.74, 6) is -0.901. The zero-order chi connectivity index (χ0) is 17.5. The molecule has 9 heteroatoms. The normalized spacial score (nSPS) is 13.6. The second kappa shape index (κ2) is 10.2. The van der Waals surface area contributed by atoms with Crippen molar-refractivity contribution in [3.8, 4) is 0 Å². The van der Waals surface area contributed by atoms with Gasteiger partial charge in [0, 0.05) is 18.8 Å². The van der Waals surface area contributed by atoms with Gasteiger partial charge >= 0.3 is 0 Å². The minimum absolute atomic E-state index is 0. The number of likely N-dealkylation sites (tertiary alicyclic amines) is 1. The first kappa shape index (κ1) is 21.2. The summed E-state index contributed by atoms with van der Waals surface area (Å²) >= 11 is 6.19. The maximum Gasteiger partial charge on any atom is 0.255 e. The van der Waals surface area contributed by atoms with E-state index in [1.54, 1.807) is 17.0 Å². The Hall–Kier alpha value is -1.83. The Balaban J connectivity index is 0.00000312. The monoisotopic (exact) mass is 388 g/mol. The van der Waals surface area contributed by atoms with E-state index < -0.39 is 11.8 Å². The second-order valence-electron chi connectivity index (χ2n) is 5.58. The zero-order valence-corrected chi connectivity index (χ0v) is 15.3. The van der Waals surface area contributed by atoms with Crippen LogP contribution in [0.1, 0.15) is 29.6 Å². The Bertz CT molecular complexity index is 634. The Morgan fingerprint density at radius 2 is 1.80 bits per heavy atom. The number of piperidine rings is 1. The van der Waals surface area contributed by atoms with Crippen LogP contribution in [0.2, 0.25) is 5.02 Å². The van der Waals surface area contributed by atoms with Crippen molar-refractivity contribution in [3.05, 3.63) is 28.8 Å². The molecule has 4 N–H and O–H groups in total. The smallest absolute Gasteiger partial charge is 0.255 e. The molecule has 0 unspecified atom stereocenters. The third-order valence-electron chi connectivity index (χ3n) is 3.76. The molecule has 25 heavy (non-hydrogen) atoms. The summed E-state index contributed by atoms with van der Waals surface area (Å²) in [6, 6.07) is 4.75. The predicted octanol–water partition coefficient (Wildman–Crippen LogP) is 1.40. The van der Waals surface area contributed by atoms with E-state index in [1.807, 2.05) is 0 Å². The average Bonchev–Trinajstić information content (AvgIpc) is 2.60. The van der Waals surface area contributed by atoms with E-state index in [4.69, 9.17) is 17.3 Å². The number of nitrogens with two attached hydrogens (primary N) is 1. The molecular formula is C16H22Cl2N4O3. The van der Waals surface area contributed by atoms with Crippen LogP contribution in [0.3, 0.4) is 0 Å². The van der Waals surface area contributed by atoms with Gasteiger partial charge in [0.2, 0.25) is 11.8 Å². The zero-order valence-electron chi connectivity index (χ0n) is 13.7. The van der Waals surface area contributed by atoms with Crippen molar-refractivity contribution < 1.29 is 14.4 Å². The number of hydrogen-bond donors (Lipinski definition) is 3. The highest BCUT2D eigenvalue weighted by atomic mass is 35.5. The fourth-order valence-corrected chi connectivity index (χ4v) is 2.75. The topological polar surface area (TPSA) is 105 Å². The third kappa shape index (κ3) is 6.19. The molecule has 0 radical (unpaired) electrons. The number of halogens is 2. The molecule has 0 atom stereocenters. The van der Waals surface area contributed by atoms with Gasteiger partial charge in [-0.2, -0.15) is 0 Å². The lowest BCUT2D eigenvalue weighted by atomic mass is 10.1. The maximum atomic E-state index is 12.5. The molecule has 1 aromatic carbocycles. The highest BCUT2D eigenvalue weighted by molar-refractivity contribution is 6.34. The van der Waals surface area contributed by atoms with Gasteiger partial charge in [-0.25, -0.2) is 0 Å². The van der Waals surface area contributed by atoms with Gasteiger partial charge in [-0.1, -0.05) is 11.6 Å². The second-order valence-corrected chi connectivity index (χ2v) is 5.98. The number of benzene rings is 1. The van der Waals surface area contributed by atoms with Crippen molar-refractivity contribution in [2.24, 2.45) is 5.73 Å². The summed E-state index contributed by atoms with van der Waals surface area (Å²) in [5, 5.41) is 5.26. The van der Waals surface area contributed by atoms with Crippen LogP contribution in [-0.4, -0.2) is 48.8 Å². The van der Waals surface area contributed by atoms with E-state index in [-0.39, 0.29) is 36.4 Å². The lowest BCUT2D eigenvalue weighted by molar-refractivity contribution is -0.123. The van der Waals surface area contributed by atoms with Gasteiger partial charge in [-0.3, -0.25) is 14.4 Å². The van der Waals surface area contributed by atoms with Crippen molar-refractivity contribution in [3.63, 3.8) is 0 Å². The average molecular weight is 389 g/mol. The minimum atomic E-state index is -0.411. The van der Waals surface area contributed by atoms with Gasteiger partial charge < -0.3 is 21.3 Å². The van der Waals surface area contributed by atoms with E-state index in [9.17, 15) is 14.4 Å². The van der Waals surface area contributed by atoms with Gasteiger partial charge in [-0.15, -0.1) is 12.4 Å². The van der Waals surface area contributed by atoms with Crippen LogP contribution in [0.5, 0.6) is 0 Å². The molecule has 2 rings (SSSR count). The Morgan fingerprint density at radius 3 is 2.40 bits per heavy atom. The van der Waals surface area contributed by atoms with Gasteiger partial charge in [-0.05, 0) is 37.5 Å². The summed E-state index contributed by atoms with van der Waals surface area (Å²) in [6.07, 6.45) is 3.15. The highest BCUT2D eigenvalue weighted by Gasteiger charge is 2.20. The summed E-state index contributed by atoms with van der Waals surface area (Å²) in [4.78, 5) is 37.0. The van der Waals surface area contributed by atoms with Crippen LogP contribution >= 0.6 is 24.0 Å². The molecule has 7 nitrogen and oxygen atoms in total. The molecule has 1 aromatic rings. The number of anilines is 1. The molecule has 1 heterocycles. The molecule has 1 aliphatic heterocycles. The number of nitrogens with zero attached hydrogens (tertiary/aromatic N) is 1. The van der Waals surface area contributed by atoms with Crippen LogP contribution in [0.15, 0.2) is 18.2 Å². The maximum absolute atomic E-state index is 12.5. The summed E-state index contributed by atoms with van der Waals surface area (Å²) in [7, 11) is 0. The van der Waals surface area contributed by atoms with Crippen LogP contribution in [0, 0.1) is 0 Å². The fraction of sp³-hybridized carbons (Fsp3) is 0.438. The van der Waals surface area contributed by atoms with Gasteiger partial charge in [0.25, 0.3) is 5.91 Å². The summed E-state index contributed by atoms with van der Waals surface area (Å²) in [5.41, 5.74) is 6.02. The van der Waals surface area contributed by atoms with Crippen LogP contribution in [0.25, 0.3) is 0 Å². The first-order chi connectivity index (χ1) is 11.5. The first-order valence-electron chi connectivity index (χ1n) is 7.86. The lowest BCUT2D eigenvalue weighted by Crippen LogP contribution is -2.36. The number of hydrogen-bond acceptors (Lipinski definition) is 4. The molecule has 3 amide bonds. The third-order valence-corrected chi connectivity index (χ3v) is 4.07. The van der Waals surface area contributed by atoms with E-state index in [0.717, 1.165) is 32.4 Å². The molecule has 0 aliphatic carbocycles. The summed E-state index contributed by atoms with van der Waals surface area (Å²) < 4.78 is 0. The Kier molecular flexibility index (Phi) is 8.68. The highest BCUT2D eigenvalue weighted by Crippen LogP contribution is 2.23. The molecule has 138 valence electrons. The molecule has 0 bridgehead atoms. The molecule has 0 aromatic heterocycles. The number of carbonyl (C=O) groups is 3. The van der Waals surface area contributed by atoms with Crippen LogP contribution < -0.4 is 16.4 Å². The standard InChI is InChI=1S/C16H21ClN4O3.ClH/c17-13-8-11(20-15(23)10-19-14(22)9-18)4-5-12(13)16(24)21-6-2-1-3-7-21;/h4-5,8H,1-3,6-7,9-10,18H2,(H,19,22)(H,20,23);1H. The summed E-state index contributed by atoms with van der Waals surface area (Å²) in [6.45, 7) is 1.14. The number of amides is 3. The molecule has 0 saturated carbocycles. The molecule has 1 fully saturated rings. The van der Waals surface area contributed by atoms with E-state index >= 15 is 0 Å². The number of carbonyl (C=O) groups excluding carboxylic acids is 3. The SMILES string of the molecule is Cl.NCC(=O)NCC(=O)Nc1ccc(C(=O)N2CCCCC2)c(Cl)c1. The molecule has 0 spiro atoms. The Morgan fingerprint density at radius 1 is 1.12 bits per heavy atom. The van der Waals surface area contributed by atoms with Gasteiger partial charge in [0.15, 0.2) is 0 Å². The van der Waals surface area contributed by atoms with E-state index in [0.29, 0.717) is 11.3 Å². The van der Waals surface area contributed by atoms with Gasteiger partial charge in [0.1, 0.15) is 0 Å². The number of nitrogens with one attached hydrogen (secondary N) is 2. The molecule has 1 saturated heterocycles. The largest absolute Gasteiger partial charge is 0.346 e. The Labute approximate surface area is 157 Å². The molecular weight excluding hydrogens is 367 g/mol. The van der Waals surface area contributed by atoms with Crippen molar-refractivity contribution in [2.45, 2.75) is 19.3 Å². The van der Waals surface area contributed by atoms with E-state index in [2.05, 4.69) is 10.6 Å². The van der Waals surface area contributed by atoms with Crippen LogP contribution in [-0.2, 0) is 9.59 Å². The predicted molar refractivity (Wildman–Crippen MR) is 99.1 cm³/mol. The minimum Gasteiger partial charge on any atom is -0.346 e. The number of rotatable bonds is 5. The van der Waals surface area contributed by atoms with Crippen molar-refractivity contribution in [2.75, 3.05) is 31.5 Å². The molecule has 1 aliphatic rings. The van der Waals surface area contributed by atoms with Crippen molar-refractivity contribution in [1.82, 2.24) is 10.2 Å². The van der Waals surface area contributed by atoms with Gasteiger partial charge in [0.05, 0.1) is 23.7 Å². The lowest BCUT2D eigenvalue weighted by Gasteiger charge is -2.27. The van der Waals surface area contributed by atoms with E-state index in [1.165, 1.54) is 6.07 Å².